The topological polar surface area (TPSA) is 91.9 Å². The molecule has 0 aliphatic heterocycles. The molecule has 0 radical (unpaired) electrons. The van der Waals surface area contributed by atoms with Gasteiger partial charge < -0.3 is 20.0 Å². The maximum Gasteiger partial charge on any atom is 0.278 e. The number of hydrogen-bond acceptors (Lipinski definition) is 4. The van der Waals surface area contributed by atoms with Gasteiger partial charge in [-0.05, 0) is 61.0 Å². The van der Waals surface area contributed by atoms with E-state index in [4.69, 9.17) is 17.0 Å². The van der Waals surface area contributed by atoms with Gasteiger partial charge in [-0.3, -0.25) is 14.2 Å². The summed E-state index contributed by atoms with van der Waals surface area (Å²) in [5.41, 5.74) is 2.57. The number of carbonyl (C=O) groups excluding carboxylic acids is 1. The molecule has 0 atom stereocenters. The molecule has 32 heavy (non-hydrogen) atoms. The quantitative estimate of drug-likeness (QED) is 0.275. The third-order valence-electron chi connectivity index (χ3n) is 5.38. The van der Waals surface area contributed by atoms with E-state index in [0.29, 0.717) is 53.9 Å². The number of ether oxygens (including phenoxy) is 1. The Morgan fingerprint density at radius 1 is 1.12 bits per heavy atom. The molecule has 7 nitrogen and oxygen atoms in total. The van der Waals surface area contributed by atoms with Crippen LogP contribution in [0.15, 0.2) is 47.3 Å². The number of carbonyl (C=O) groups is 1. The number of nitrogens with zero attached hydrogens (tertiary/aromatic N) is 1. The first-order chi connectivity index (χ1) is 15.5. The number of benzene rings is 2. The summed E-state index contributed by atoms with van der Waals surface area (Å²) in [6, 6.07) is 11.5. The van der Waals surface area contributed by atoms with E-state index in [1.54, 1.807) is 19.2 Å². The Morgan fingerprint density at radius 3 is 2.66 bits per heavy atom. The third kappa shape index (κ3) is 4.57. The Morgan fingerprint density at radius 2 is 1.91 bits per heavy atom. The van der Waals surface area contributed by atoms with Crippen LogP contribution in [0.5, 0.6) is 5.75 Å². The van der Waals surface area contributed by atoms with E-state index in [-0.39, 0.29) is 17.3 Å². The molecule has 0 spiro atoms. The number of aromatic nitrogens is 3. The van der Waals surface area contributed by atoms with Gasteiger partial charge in [0.1, 0.15) is 17.1 Å². The molecule has 0 saturated heterocycles. The molecular weight excluding hydrogens is 431 g/mol. The summed E-state index contributed by atoms with van der Waals surface area (Å²) < 4.78 is 20.1. The van der Waals surface area contributed by atoms with Crippen molar-refractivity contribution in [3.05, 3.63) is 69.0 Å². The van der Waals surface area contributed by atoms with Crippen LogP contribution in [0.25, 0.3) is 21.9 Å². The van der Waals surface area contributed by atoms with Gasteiger partial charge in [0.15, 0.2) is 4.77 Å². The minimum absolute atomic E-state index is 0.0909. The van der Waals surface area contributed by atoms with Gasteiger partial charge in [-0.15, -0.1) is 0 Å². The molecule has 0 aliphatic carbocycles. The van der Waals surface area contributed by atoms with E-state index in [0.717, 1.165) is 16.5 Å². The Kier molecular flexibility index (Phi) is 6.36. The molecule has 9 heteroatoms. The van der Waals surface area contributed by atoms with E-state index in [2.05, 4.69) is 15.3 Å². The van der Waals surface area contributed by atoms with E-state index in [1.807, 2.05) is 18.2 Å². The highest BCUT2D eigenvalue weighted by molar-refractivity contribution is 7.71. The Bertz CT molecular complexity index is 1390. The molecule has 0 aliphatic rings. The maximum atomic E-state index is 13.0. The average Bonchev–Trinajstić information content (AvgIpc) is 3.16. The minimum atomic E-state index is -0.306. The number of halogens is 1. The normalized spacial score (nSPS) is 11.2. The lowest BCUT2D eigenvalue weighted by Crippen LogP contribution is -2.24. The first kappa shape index (κ1) is 21.8. The molecule has 2 aromatic carbocycles. The van der Waals surface area contributed by atoms with Gasteiger partial charge in [-0.1, -0.05) is 12.1 Å². The van der Waals surface area contributed by atoms with Crippen molar-refractivity contribution in [2.24, 2.45) is 0 Å². The zero-order valence-corrected chi connectivity index (χ0v) is 18.4. The van der Waals surface area contributed by atoms with Crippen LogP contribution in [-0.2, 0) is 17.9 Å². The Balaban J connectivity index is 1.38. The van der Waals surface area contributed by atoms with Crippen molar-refractivity contribution < 1.29 is 13.9 Å². The van der Waals surface area contributed by atoms with Crippen molar-refractivity contribution in [3.63, 3.8) is 0 Å². The summed E-state index contributed by atoms with van der Waals surface area (Å²) >= 11 is 5.42. The lowest BCUT2D eigenvalue weighted by Gasteiger charge is -2.08. The number of hydrogen-bond donors (Lipinski definition) is 3. The molecule has 0 fully saturated rings. The second kappa shape index (κ2) is 9.35. The highest BCUT2D eigenvalue weighted by Gasteiger charge is 2.12. The number of unbranched alkanes of at least 4 members (excludes halogenated alkanes) is 1. The minimum Gasteiger partial charge on any atom is -0.497 e. The highest BCUT2D eigenvalue weighted by Crippen LogP contribution is 2.25. The van der Waals surface area contributed by atoms with Crippen LogP contribution in [0.4, 0.5) is 4.39 Å². The maximum absolute atomic E-state index is 13.0. The fourth-order valence-corrected chi connectivity index (χ4v) is 3.92. The van der Waals surface area contributed by atoms with Gasteiger partial charge in [0, 0.05) is 30.4 Å². The van der Waals surface area contributed by atoms with Crippen molar-refractivity contribution >= 4 is 40.1 Å². The monoisotopic (exact) mass is 454 g/mol. The largest absolute Gasteiger partial charge is 0.497 e. The summed E-state index contributed by atoms with van der Waals surface area (Å²) in [7, 11) is 1.59. The van der Waals surface area contributed by atoms with Gasteiger partial charge in [0.25, 0.3) is 5.56 Å². The van der Waals surface area contributed by atoms with Gasteiger partial charge in [-0.2, -0.15) is 0 Å². The lowest BCUT2D eigenvalue weighted by atomic mass is 10.2. The Hall–Kier alpha value is -3.46. The van der Waals surface area contributed by atoms with Gasteiger partial charge in [-0.25, -0.2) is 4.39 Å². The fraction of sp³-hybridized carbons (Fsp3) is 0.261. The summed E-state index contributed by atoms with van der Waals surface area (Å²) in [4.78, 5) is 31.4. The molecule has 0 saturated carbocycles. The zero-order chi connectivity index (χ0) is 22.7. The van der Waals surface area contributed by atoms with Crippen molar-refractivity contribution in [3.8, 4) is 5.75 Å². The van der Waals surface area contributed by atoms with Crippen molar-refractivity contribution in [2.45, 2.75) is 32.4 Å². The summed E-state index contributed by atoms with van der Waals surface area (Å²) in [5.74, 6) is 0.297. The first-order valence-electron chi connectivity index (χ1n) is 10.3. The number of nitrogens with one attached hydrogen (secondary N) is 3. The van der Waals surface area contributed by atoms with Crippen LogP contribution in [0.2, 0.25) is 0 Å². The molecule has 166 valence electrons. The number of fused-ring (bicyclic) bond motifs is 3. The van der Waals surface area contributed by atoms with E-state index in [1.165, 1.54) is 16.7 Å². The molecule has 4 aromatic rings. The van der Waals surface area contributed by atoms with E-state index >= 15 is 0 Å². The predicted octanol–water partition coefficient (Wildman–Crippen LogP) is 4.17. The number of rotatable bonds is 8. The molecule has 4 rings (SSSR count). The summed E-state index contributed by atoms with van der Waals surface area (Å²) in [6.45, 7) is 0.764. The van der Waals surface area contributed by atoms with Gasteiger partial charge >= 0.3 is 0 Å². The summed E-state index contributed by atoms with van der Waals surface area (Å²) in [5, 5.41) is 3.66. The molecule has 2 heterocycles. The zero-order valence-electron chi connectivity index (χ0n) is 17.5. The first-order valence-corrected chi connectivity index (χ1v) is 10.7. The molecule has 1 amide bonds. The predicted molar refractivity (Wildman–Crippen MR) is 124 cm³/mol. The van der Waals surface area contributed by atoms with Crippen LogP contribution in [0.1, 0.15) is 24.8 Å². The standard InChI is InChI=1S/C23H23FN4O3S/c1-31-16-9-10-18-17(12-16)20-21(26-18)22(30)28(23(32)27-20)11-3-2-4-19(29)25-13-14-5-7-15(24)8-6-14/h5-10,12,26H,2-4,11,13H2,1H3,(H,25,29)(H,27,32). The van der Waals surface area contributed by atoms with Crippen LogP contribution in [0.3, 0.4) is 0 Å². The third-order valence-corrected chi connectivity index (χ3v) is 5.70. The molecule has 3 N–H and O–H groups in total. The highest BCUT2D eigenvalue weighted by atomic mass is 32.1. The summed E-state index contributed by atoms with van der Waals surface area (Å²) in [6.07, 6.45) is 1.57. The molecule has 0 bridgehead atoms. The molecule has 2 aromatic heterocycles. The second-order valence-corrected chi connectivity index (χ2v) is 7.92. The van der Waals surface area contributed by atoms with Crippen LogP contribution in [0, 0.1) is 10.6 Å². The van der Waals surface area contributed by atoms with E-state index < -0.39 is 0 Å². The van der Waals surface area contributed by atoms with E-state index in [9.17, 15) is 14.0 Å². The van der Waals surface area contributed by atoms with Crippen molar-refractivity contribution in [1.29, 1.82) is 0 Å². The average molecular weight is 455 g/mol. The van der Waals surface area contributed by atoms with Gasteiger partial charge in [0.2, 0.25) is 5.91 Å². The Labute approximate surface area is 188 Å². The number of H-pyrrole nitrogens is 2. The smallest absolute Gasteiger partial charge is 0.278 e. The lowest BCUT2D eigenvalue weighted by molar-refractivity contribution is -0.121. The number of aromatic amines is 2. The fourth-order valence-electron chi connectivity index (χ4n) is 3.64. The SMILES string of the molecule is COc1ccc2[nH]c3c(=O)n(CCCCC(=O)NCc4ccc(F)cc4)c(=S)[nH]c3c2c1. The van der Waals surface area contributed by atoms with Gasteiger partial charge in [0.05, 0.1) is 12.6 Å². The van der Waals surface area contributed by atoms with Crippen LogP contribution in [-0.4, -0.2) is 27.6 Å². The molecule has 0 unspecified atom stereocenters. The van der Waals surface area contributed by atoms with Crippen LogP contribution < -0.4 is 15.6 Å². The number of amides is 1. The number of methoxy groups -OCH3 is 1. The van der Waals surface area contributed by atoms with Crippen molar-refractivity contribution in [1.82, 2.24) is 19.9 Å². The molecular formula is C23H23FN4O3S. The second-order valence-electron chi connectivity index (χ2n) is 7.53. The van der Waals surface area contributed by atoms with Crippen LogP contribution >= 0.6 is 12.2 Å². The van der Waals surface area contributed by atoms with Crippen molar-refractivity contribution in [2.75, 3.05) is 7.11 Å².